The highest BCUT2D eigenvalue weighted by molar-refractivity contribution is 4.94. The molecule has 3 aliphatic heterocycles. The molecule has 90 valence electrons. The van der Waals surface area contributed by atoms with Gasteiger partial charge in [-0.3, -0.25) is 0 Å². The molecule has 2 heteroatoms. The number of hydrogen-bond acceptors (Lipinski definition) is 2. The number of fused-ring (bicyclic) bond motifs is 4. The first-order chi connectivity index (χ1) is 7.88. The maximum Gasteiger partial charge on any atom is 0.0844 e. The fourth-order valence-corrected chi connectivity index (χ4v) is 4.23. The lowest BCUT2D eigenvalue weighted by atomic mass is 9.75. The van der Waals surface area contributed by atoms with Crippen molar-refractivity contribution in [2.75, 3.05) is 0 Å². The molecule has 0 amide bonds. The average molecular weight is 222 g/mol. The lowest BCUT2D eigenvalue weighted by Gasteiger charge is -2.44. The first-order valence-electron chi connectivity index (χ1n) is 7.19. The summed E-state index contributed by atoms with van der Waals surface area (Å²) in [4.78, 5) is 0. The highest BCUT2D eigenvalue weighted by atomic mass is 16.6. The summed E-state index contributed by atoms with van der Waals surface area (Å²) in [5.74, 6) is 1.79. The van der Waals surface area contributed by atoms with Gasteiger partial charge in [0, 0.05) is 0 Å². The fraction of sp³-hybridized carbons (Fsp3) is 1.00. The Labute approximate surface area is 97.7 Å². The molecule has 0 radical (unpaired) electrons. The van der Waals surface area contributed by atoms with Crippen molar-refractivity contribution in [3.63, 3.8) is 0 Å². The standard InChI is InChI=1S/C14H22O2/c1-6-12-14(16-12)8-9(1)7-13-10-2-4-11(15-13)5-3-10/h9-14H,1-8H2. The summed E-state index contributed by atoms with van der Waals surface area (Å²) in [7, 11) is 0. The molecule has 0 N–H and O–H groups in total. The number of rotatable bonds is 2. The summed E-state index contributed by atoms with van der Waals surface area (Å²) in [6.07, 6.45) is 13.4. The Kier molecular flexibility index (Phi) is 2.29. The Hall–Kier alpha value is -0.0800. The third-order valence-electron chi connectivity index (χ3n) is 5.29. The molecule has 5 fully saturated rings. The van der Waals surface area contributed by atoms with Gasteiger partial charge in [-0.1, -0.05) is 0 Å². The first-order valence-corrected chi connectivity index (χ1v) is 7.19. The zero-order valence-corrected chi connectivity index (χ0v) is 9.94. The summed E-state index contributed by atoms with van der Waals surface area (Å²) in [6.45, 7) is 0. The lowest BCUT2D eigenvalue weighted by molar-refractivity contribution is -0.132. The van der Waals surface area contributed by atoms with Crippen LogP contribution in [-0.2, 0) is 9.47 Å². The van der Waals surface area contributed by atoms with E-state index in [2.05, 4.69) is 0 Å². The Bertz CT molecular complexity index is 270. The zero-order valence-electron chi connectivity index (χ0n) is 9.94. The molecule has 5 rings (SSSR count). The van der Waals surface area contributed by atoms with Crippen molar-refractivity contribution >= 4 is 0 Å². The third-order valence-corrected chi connectivity index (χ3v) is 5.29. The maximum absolute atomic E-state index is 6.20. The van der Waals surface area contributed by atoms with Gasteiger partial charge in [-0.25, -0.2) is 0 Å². The van der Waals surface area contributed by atoms with Gasteiger partial charge < -0.3 is 9.47 Å². The number of epoxide rings is 1. The van der Waals surface area contributed by atoms with Gasteiger partial charge in [0.25, 0.3) is 0 Å². The second kappa shape index (κ2) is 3.71. The van der Waals surface area contributed by atoms with Crippen LogP contribution in [0.15, 0.2) is 0 Å². The lowest BCUT2D eigenvalue weighted by Crippen LogP contribution is -2.42. The maximum atomic E-state index is 6.20. The molecule has 4 unspecified atom stereocenters. The van der Waals surface area contributed by atoms with Crippen LogP contribution < -0.4 is 0 Å². The van der Waals surface area contributed by atoms with E-state index < -0.39 is 0 Å². The first kappa shape index (κ1) is 9.90. The van der Waals surface area contributed by atoms with E-state index >= 15 is 0 Å². The van der Waals surface area contributed by atoms with Gasteiger partial charge in [-0.15, -0.1) is 0 Å². The van der Waals surface area contributed by atoms with Gasteiger partial charge in [0.15, 0.2) is 0 Å². The van der Waals surface area contributed by atoms with Crippen LogP contribution in [0, 0.1) is 11.8 Å². The van der Waals surface area contributed by atoms with E-state index in [0.717, 1.165) is 11.8 Å². The van der Waals surface area contributed by atoms with E-state index in [9.17, 15) is 0 Å². The van der Waals surface area contributed by atoms with Gasteiger partial charge in [0.1, 0.15) is 0 Å². The normalized spacial score (nSPS) is 54.8. The molecule has 2 saturated carbocycles. The highest BCUT2D eigenvalue weighted by Gasteiger charge is 2.45. The van der Waals surface area contributed by atoms with Gasteiger partial charge in [0.2, 0.25) is 0 Å². The van der Waals surface area contributed by atoms with Gasteiger partial charge >= 0.3 is 0 Å². The minimum absolute atomic E-state index is 0.604. The SMILES string of the molecule is C1CC2OC2CC1CC1OC2CCC1CC2. The quantitative estimate of drug-likeness (QED) is 0.670. The van der Waals surface area contributed by atoms with Crippen LogP contribution in [0.5, 0.6) is 0 Å². The third kappa shape index (κ3) is 1.70. The predicted molar refractivity (Wildman–Crippen MR) is 61.2 cm³/mol. The molecule has 4 atom stereocenters. The van der Waals surface area contributed by atoms with Crippen molar-refractivity contribution in [1.29, 1.82) is 0 Å². The fourth-order valence-electron chi connectivity index (χ4n) is 4.23. The van der Waals surface area contributed by atoms with Crippen molar-refractivity contribution in [3.8, 4) is 0 Å². The van der Waals surface area contributed by atoms with E-state index in [1.807, 2.05) is 0 Å². The minimum Gasteiger partial charge on any atom is -0.375 e. The Morgan fingerprint density at radius 2 is 1.69 bits per heavy atom. The molecule has 2 aliphatic carbocycles. The van der Waals surface area contributed by atoms with Crippen LogP contribution in [0.25, 0.3) is 0 Å². The smallest absolute Gasteiger partial charge is 0.0844 e. The summed E-state index contributed by atoms with van der Waals surface area (Å²) in [5.41, 5.74) is 0. The highest BCUT2D eigenvalue weighted by Crippen LogP contribution is 2.45. The van der Waals surface area contributed by atoms with Crippen LogP contribution in [0.2, 0.25) is 0 Å². The number of hydrogen-bond donors (Lipinski definition) is 0. The van der Waals surface area contributed by atoms with Crippen molar-refractivity contribution < 1.29 is 9.47 Å². The van der Waals surface area contributed by atoms with Gasteiger partial charge in [-0.2, -0.15) is 0 Å². The molecular formula is C14H22O2. The van der Waals surface area contributed by atoms with Crippen LogP contribution in [0.3, 0.4) is 0 Å². The molecule has 16 heavy (non-hydrogen) atoms. The van der Waals surface area contributed by atoms with Crippen LogP contribution >= 0.6 is 0 Å². The van der Waals surface area contributed by atoms with E-state index in [-0.39, 0.29) is 0 Å². The van der Waals surface area contributed by atoms with E-state index in [4.69, 9.17) is 9.47 Å². The molecule has 0 spiro atoms. The second-order valence-electron chi connectivity index (χ2n) is 6.34. The summed E-state index contributed by atoms with van der Waals surface area (Å²) in [5, 5.41) is 0. The Morgan fingerprint density at radius 3 is 2.38 bits per heavy atom. The molecule has 3 saturated heterocycles. The Morgan fingerprint density at radius 1 is 0.812 bits per heavy atom. The van der Waals surface area contributed by atoms with Crippen molar-refractivity contribution in [2.24, 2.45) is 11.8 Å². The van der Waals surface area contributed by atoms with Crippen LogP contribution in [0.4, 0.5) is 0 Å². The predicted octanol–water partition coefficient (Wildman–Crippen LogP) is 2.90. The zero-order chi connectivity index (χ0) is 10.5. The van der Waals surface area contributed by atoms with E-state index in [0.29, 0.717) is 24.4 Å². The molecule has 0 aromatic carbocycles. The molecule has 2 nitrogen and oxygen atoms in total. The Balaban J connectivity index is 1.36. The van der Waals surface area contributed by atoms with Gasteiger partial charge in [-0.05, 0) is 63.2 Å². The van der Waals surface area contributed by atoms with Gasteiger partial charge in [0.05, 0.1) is 24.4 Å². The van der Waals surface area contributed by atoms with E-state index in [1.165, 1.54) is 51.4 Å². The molecule has 3 heterocycles. The minimum atomic E-state index is 0.604. The molecule has 5 aliphatic rings. The summed E-state index contributed by atoms with van der Waals surface area (Å²) < 4.78 is 11.8. The van der Waals surface area contributed by atoms with Crippen molar-refractivity contribution in [2.45, 2.75) is 75.8 Å². The second-order valence-corrected chi connectivity index (χ2v) is 6.34. The van der Waals surface area contributed by atoms with Crippen LogP contribution in [0.1, 0.15) is 51.4 Å². The number of ether oxygens (including phenoxy) is 2. The van der Waals surface area contributed by atoms with E-state index in [1.54, 1.807) is 0 Å². The molecule has 0 aromatic rings. The largest absolute Gasteiger partial charge is 0.375 e. The topological polar surface area (TPSA) is 21.8 Å². The molecule has 2 bridgehead atoms. The van der Waals surface area contributed by atoms with Crippen molar-refractivity contribution in [1.82, 2.24) is 0 Å². The monoisotopic (exact) mass is 222 g/mol. The van der Waals surface area contributed by atoms with Crippen molar-refractivity contribution in [3.05, 3.63) is 0 Å². The summed E-state index contributed by atoms with van der Waals surface area (Å²) >= 11 is 0. The molecule has 0 aromatic heterocycles. The van der Waals surface area contributed by atoms with Crippen LogP contribution in [-0.4, -0.2) is 24.4 Å². The summed E-state index contributed by atoms with van der Waals surface area (Å²) in [6, 6.07) is 0. The molecular weight excluding hydrogens is 200 g/mol. The average Bonchev–Trinajstić information content (AvgIpc) is 3.09.